The minimum Gasteiger partial charge on any atom is -0.343 e. The Morgan fingerprint density at radius 1 is 0.917 bits per heavy atom. The fourth-order valence-electron chi connectivity index (χ4n) is 1.89. The molecule has 0 saturated heterocycles. The van der Waals surface area contributed by atoms with E-state index in [0.717, 1.165) is 18.2 Å². The van der Waals surface area contributed by atoms with Crippen LogP contribution in [-0.2, 0) is 4.79 Å². The van der Waals surface area contributed by atoms with Gasteiger partial charge in [0.2, 0.25) is 5.91 Å². The van der Waals surface area contributed by atoms with Crippen LogP contribution in [0.2, 0.25) is 0 Å². The van der Waals surface area contributed by atoms with Gasteiger partial charge in [0, 0.05) is 16.8 Å². The van der Waals surface area contributed by atoms with Crippen molar-refractivity contribution in [3.63, 3.8) is 0 Å². The number of rotatable bonds is 5. The number of benzene rings is 2. The van der Waals surface area contributed by atoms with Crippen LogP contribution >= 0.6 is 0 Å². The van der Waals surface area contributed by atoms with Crippen molar-refractivity contribution in [2.24, 2.45) is 0 Å². The molecule has 0 radical (unpaired) electrons. The van der Waals surface area contributed by atoms with Crippen molar-refractivity contribution in [1.82, 2.24) is 5.32 Å². The second-order valence-corrected chi connectivity index (χ2v) is 4.99. The molecule has 5 nitrogen and oxygen atoms in total. The van der Waals surface area contributed by atoms with Gasteiger partial charge in [0.15, 0.2) is 17.4 Å². The highest BCUT2D eigenvalue weighted by Crippen LogP contribution is 2.10. The van der Waals surface area contributed by atoms with Crippen molar-refractivity contribution in [3.05, 3.63) is 65.2 Å². The van der Waals surface area contributed by atoms with Gasteiger partial charge in [-0.15, -0.1) is 0 Å². The number of halogens is 2. The van der Waals surface area contributed by atoms with Gasteiger partial charge < -0.3 is 10.6 Å². The molecule has 0 atom stereocenters. The Morgan fingerprint density at radius 3 is 2.12 bits per heavy atom. The number of hydrogen-bond acceptors (Lipinski definition) is 3. The zero-order chi connectivity index (χ0) is 17.7. The van der Waals surface area contributed by atoms with Crippen molar-refractivity contribution in [1.29, 1.82) is 0 Å². The minimum atomic E-state index is -1.14. The summed E-state index contributed by atoms with van der Waals surface area (Å²) in [7, 11) is 0. The maximum absolute atomic E-state index is 13.1. The number of carbonyl (C=O) groups excluding carboxylic acids is 3. The zero-order valence-electron chi connectivity index (χ0n) is 12.7. The van der Waals surface area contributed by atoms with E-state index in [4.69, 9.17) is 0 Å². The lowest BCUT2D eigenvalue weighted by atomic mass is 10.1. The first kappa shape index (κ1) is 17.3. The Bertz CT molecular complexity index is 789. The standard InChI is InChI=1S/C17H14F2N2O3/c1-10(22)11-2-5-13(6-3-11)21-16(23)9-20-17(24)12-4-7-14(18)15(19)8-12/h2-8H,9H2,1H3,(H,20,24)(H,21,23). The Hall–Kier alpha value is -3.09. The van der Waals surface area contributed by atoms with Crippen LogP contribution in [0.15, 0.2) is 42.5 Å². The molecule has 0 unspecified atom stereocenters. The normalized spacial score (nSPS) is 10.1. The zero-order valence-corrected chi connectivity index (χ0v) is 12.7. The summed E-state index contributed by atoms with van der Waals surface area (Å²) in [6.07, 6.45) is 0. The van der Waals surface area contributed by atoms with Gasteiger partial charge in [0.05, 0.1) is 6.54 Å². The van der Waals surface area contributed by atoms with Crippen LogP contribution in [0.1, 0.15) is 27.6 Å². The molecule has 0 aliphatic heterocycles. The lowest BCUT2D eigenvalue weighted by Crippen LogP contribution is -2.32. The highest BCUT2D eigenvalue weighted by Gasteiger charge is 2.11. The van der Waals surface area contributed by atoms with Crippen molar-refractivity contribution < 1.29 is 23.2 Å². The summed E-state index contributed by atoms with van der Waals surface area (Å²) in [5.41, 5.74) is 0.888. The molecule has 0 aliphatic carbocycles. The van der Waals surface area contributed by atoms with Gasteiger partial charge in [0.1, 0.15) is 0 Å². The number of amides is 2. The second-order valence-electron chi connectivity index (χ2n) is 4.99. The molecule has 0 spiro atoms. The molecule has 2 aromatic rings. The Morgan fingerprint density at radius 2 is 1.54 bits per heavy atom. The van der Waals surface area contributed by atoms with Crippen LogP contribution in [0.5, 0.6) is 0 Å². The van der Waals surface area contributed by atoms with Crippen molar-refractivity contribution in [2.75, 3.05) is 11.9 Å². The predicted molar refractivity (Wildman–Crippen MR) is 83.8 cm³/mol. The van der Waals surface area contributed by atoms with Crippen LogP contribution in [0.4, 0.5) is 14.5 Å². The number of hydrogen-bond donors (Lipinski definition) is 2. The van der Waals surface area contributed by atoms with Crippen LogP contribution in [0.3, 0.4) is 0 Å². The van der Waals surface area contributed by atoms with E-state index in [1.807, 2.05) is 0 Å². The molecule has 7 heteroatoms. The van der Waals surface area contributed by atoms with E-state index in [9.17, 15) is 23.2 Å². The lowest BCUT2D eigenvalue weighted by Gasteiger charge is -2.07. The average molecular weight is 332 g/mol. The number of nitrogens with one attached hydrogen (secondary N) is 2. The highest BCUT2D eigenvalue weighted by molar-refractivity contribution is 5.99. The molecule has 124 valence electrons. The number of Topliss-reactive ketones (excluding diaryl/α,β-unsaturated/α-hetero) is 1. The number of anilines is 1. The molecular formula is C17H14F2N2O3. The lowest BCUT2D eigenvalue weighted by molar-refractivity contribution is -0.115. The molecule has 2 N–H and O–H groups in total. The largest absolute Gasteiger partial charge is 0.343 e. The van der Waals surface area contributed by atoms with Crippen molar-refractivity contribution >= 4 is 23.3 Å². The molecule has 0 fully saturated rings. The third-order valence-electron chi connectivity index (χ3n) is 3.17. The summed E-state index contributed by atoms with van der Waals surface area (Å²) < 4.78 is 25.9. The van der Waals surface area contributed by atoms with Gasteiger partial charge in [-0.3, -0.25) is 14.4 Å². The highest BCUT2D eigenvalue weighted by atomic mass is 19.2. The summed E-state index contributed by atoms with van der Waals surface area (Å²) in [5, 5.41) is 4.84. The minimum absolute atomic E-state index is 0.0903. The van der Waals surface area contributed by atoms with Gasteiger partial charge in [-0.2, -0.15) is 0 Å². The van der Waals surface area contributed by atoms with Crippen LogP contribution in [0, 0.1) is 11.6 Å². The van der Waals surface area contributed by atoms with E-state index in [1.54, 1.807) is 24.3 Å². The topological polar surface area (TPSA) is 75.3 Å². The Balaban J connectivity index is 1.89. The van der Waals surface area contributed by atoms with E-state index < -0.39 is 23.4 Å². The predicted octanol–water partition coefficient (Wildman–Crippen LogP) is 2.54. The Kier molecular flexibility index (Phi) is 5.36. The SMILES string of the molecule is CC(=O)c1ccc(NC(=O)CNC(=O)c2ccc(F)c(F)c2)cc1. The van der Waals surface area contributed by atoms with Gasteiger partial charge in [-0.1, -0.05) is 0 Å². The second kappa shape index (κ2) is 7.45. The quantitative estimate of drug-likeness (QED) is 0.826. The maximum Gasteiger partial charge on any atom is 0.251 e. The maximum atomic E-state index is 13.1. The van der Waals surface area contributed by atoms with Gasteiger partial charge in [-0.05, 0) is 49.4 Å². The molecule has 0 heterocycles. The van der Waals surface area contributed by atoms with Crippen LogP contribution in [-0.4, -0.2) is 24.1 Å². The number of carbonyl (C=O) groups is 3. The molecule has 0 bridgehead atoms. The summed E-state index contributed by atoms with van der Waals surface area (Å²) in [6, 6.07) is 8.96. The fourth-order valence-corrected chi connectivity index (χ4v) is 1.89. The van der Waals surface area contributed by atoms with Crippen LogP contribution < -0.4 is 10.6 Å². The average Bonchev–Trinajstić information content (AvgIpc) is 2.55. The van der Waals surface area contributed by atoms with Crippen LogP contribution in [0.25, 0.3) is 0 Å². The third-order valence-corrected chi connectivity index (χ3v) is 3.17. The molecule has 2 aromatic carbocycles. The summed E-state index contributed by atoms with van der Waals surface area (Å²) in [6.45, 7) is 1.09. The van der Waals surface area contributed by atoms with E-state index in [2.05, 4.69) is 10.6 Å². The van der Waals surface area contributed by atoms with Gasteiger partial charge >= 0.3 is 0 Å². The monoisotopic (exact) mass is 332 g/mol. The summed E-state index contributed by atoms with van der Waals surface area (Å²) in [5.74, 6) is -3.49. The smallest absolute Gasteiger partial charge is 0.251 e. The van der Waals surface area contributed by atoms with Gasteiger partial charge in [0.25, 0.3) is 5.91 Å². The molecule has 24 heavy (non-hydrogen) atoms. The van der Waals surface area contributed by atoms with E-state index >= 15 is 0 Å². The molecule has 2 rings (SSSR count). The van der Waals surface area contributed by atoms with Gasteiger partial charge in [-0.25, -0.2) is 8.78 Å². The van der Waals surface area contributed by atoms with E-state index in [-0.39, 0.29) is 17.9 Å². The summed E-state index contributed by atoms with van der Waals surface area (Å²) >= 11 is 0. The molecular weight excluding hydrogens is 318 g/mol. The molecule has 0 aromatic heterocycles. The molecule has 2 amide bonds. The van der Waals surface area contributed by atoms with Crippen molar-refractivity contribution in [2.45, 2.75) is 6.92 Å². The molecule has 0 saturated carbocycles. The van der Waals surface area contributed by atoms with Crippen molar-refractivity contribution in [3.8, 4) is 0 Å². The van der Waals surface area contributed by atoms with E-state index in [0.29, 0.717) is 11.3 Å². The first-order chi connectivity index (χ1) is 11.4. The number of ketones is 1. The molecule has 0 aliphatic rings. The fraction of sp³-hybridized carbons (Fsp3) is 0.118. The first-order valence-corrected chi connectivity index (χ1v) is 7.01. The summed E-state index contributed by atoms with van der Waals surface area (Å²) in [4.78, 5) is 34.7. The van der Waals surface area contributed by atoms with E-state index in [1.165, 1.54) is 6.92 Å². The first-order valence-electron chi connectivity index (χ1n) is 7.01. The Labute approximate surface area is 136 Å². The third kappa shape index (κ3) is 4.45.